The minimum Gasteiger partial charge on any atom is -0.512 e. The molecule has 1 aliphatic rings. The van der Waals surface area contributed by atoms with Crippen LogP contribution in [0.25, 0.3) is 0 Å². The Morgan fingerprint density at radius 2 is 1.86 bits per heavy atom. The number of pyridine rings is 1. The van der Waals surface area contributed by atoms with E-state index in [1.165, 1.54) is 18.3 Å². The number of cyclic esters (lactones) is 1. The van der Waals surface area contributed by atoms with Gasteiger partial charge in [-0.05, 0) is 48.1 Å². The Morgan fingerprint density at radius 1 is 1.19 bits per heavy atom. The number of anilines is 1. The first-order valence-electron chi connectivity index (χ1n) is 12.5. The second kappa shape index (κ2) is 10.9. The summed E-state index contributed by atoms with van der Waals surface area (Å²) in [7, 11) is -4.01. The molecule has 198 valence electrons. The van der Waals surface area contributed by atoms with Crippen LogP contribution in [0.5, 0.6) is 0 Å². The van der Waals surface area contributed by atoms with Gasteiger partial charge in [0.25, 0.3) is 10.0 Å². The van der Waals surface area contributed by atoms with E-state index >= 15 is 0 Å². The zero-order chi connectivity index (χ0) is 27.4. The van der Waals surface area contributed by atoms with E-state index < -0.39 is 32.9 Å². The van der Waals surface area contributed by atoms with Gasteiger partial charge in [0.2, 0.25) is 0 Å². The van der Waals surface area contributed by atoms with E-state index in [0.717, 1.165) is 12.8 Å². The summed E-state index contributed by atoms with van der Waals surface area (Å²) >= 11 is 0. The molecule has 0 amide bonds. The van der Waals surface area contributed by atoms with Crippen molar-refractivity contribution in [2.75, 3.05) is 4.72 Å². The minimum absolute atomic E-state index is 0.0332. The number of hydrogen-bond donors (Lipinski definition) is 2. The van der Waals surface area contributed by atoms with Crippen molar-refractivity contribution in [1.29, 1.82) is 5.26 Å². The molecule has 9 heteroatoms. The lowest BCUT2D eigenvalue weighted by atomic mass is 9.70. The molecule has 3 rings (SSSR count). The molecule has 2 heterocycles. The highest BCUT2D eigenvalue weighted by Gasteiger charge is 2.45. The molecule has 0 unspecified atom stereocenters. The highest BCUT2D eigenvalue weighted by Crippen LogP contribution is 2.47. The number of carbonyl (C=O) groups excluding carboxylic acids is 1. The fourth-order valence-corrected chi connectivity index (χ4v) is 6.08. The topological polar surface area (TPSA) is 129 Å². The Kier molecular flexibility index (Phi) is 8.33. The number of ether oxygens (including phenoxy) is 1. The molecule has 0 fully saturated rings. The maximum atomic E-state index is 13.4. The van der Waals surface area contributed by atoms with Gasteiger partial charge in [-0.1, -0.05) is 59.6 Å². The molecule has 37 heavy (non-hydrogen) atoms. The molecule has 0 saturated carbocycles. The fraction of sp³-hybridized carbons (Fsp3) is 0.464. The van der Waals surface area contributed by atoms with E-state index in [-0.39, 0.29) is 34.0 Å². The normalized spacial score (nSPS) is 16.6. The quantitative estimate of drug-likeness (QED) is 0.385. The number of aromatic nitrogens is 1. The lowest BCUT2D eigenvalue weighted by molar-refractivity contribution is -0.161. The number of nitriles is 1. The first-order valence-corrected chi connectivity index (χ1v) is 14.0. The summed E-state index contributed by atoms with van der Waals surface area (Å²) in [5, 5.41) is 19.9. The first-order chi connectivity index (χ1) is 17.4. The number of benzene rings is 1. The van der Waals surface area contributed by atoms with Crippen molar-refractivity contribution in [3.63, 3.8) is 0 Å². The average molecular weight is 526 g/mol. The van der Waals surface area contributed by atoms with Crippen LogP contribution in [-0.4, -0.2) is 30.1 Å². The van der Waals surface area contributed by atoms with Crippen LogP contribution in [0, 0.1) is 16.7 Å². The lowest BCUT2D eigenvalue weighted by Crippen LogP contribution is -2.42. The molecule has 0 spiro atoms. The van der Waals surface area contributed by atoms with Crippen LogP contribution in [0.2, 0.25) is 0 Å². The summed E-state index contributed by atoms with van der Waals surface area (Å²) < 4.78 is 34.3. The van der Waals surface area contributed by atoms with Gasteiger partial charge in [0.1, 0.15) is 17.4 Å². The van der Waals surface area contributed by atoms with E-state index in [0.29, 0.717) is 18.4 Å². The van der Waals surface area contributed by atoms with Crippen molar-refractivity contribution in [2.24, 2.45) is 5.41 Å². The molecule has 8 nitrogen and oxygen atoms in total. The van der Waals surface area contributed by atoms with Crippen LogP contribution < -0.4 is 4.72 Å². The summed E-state index contributed by atoms with van der Waals surface area (Å²) in [6, 6.07) is 11.3. The number of sulfonamides is 1. The van der Waals surface area contributed by atoms with E-state index in [9.17, 15) is 18.3 Å². The summed E-state index contributed by atoms with van der Waals surface area (Å²) in [5.41, 5.74) is 0.213. The molecule has 0 saturated heterocycles. The van der Waals surface area contributed by atoms with E-state index in [2.05, 4.69) is 9.71 Å². The predicted octanol–water partition coefficient (Wildman–Crippen LogP) is 5.98. The fourth-order valence-electron chi connectivity index (χ4n) is 5.10. The molecule has 1 aliphatic heterocycles. The molecule has 0 bridgehead atoms. The maximum absolute atomic E-state index is 13.4. The number of hydrogen-bond acceptors (Lipinski definition) is 7. The van der Waals surface area contributed by atoms with Gasteiger partial charge in [0.15, 0.2) is 5.03 Å². The van der Waals surface area contributed by atoms with E-state index in [1.807, 2.05) is 40.7 Å². The third-order valence-corrected chi connectivity index (χ3v) is 7.81. The largest absolute Gasteiger partial charge is 0.512 e. The number of carbonyl (C=O) groups is 1. The molecule has 0 radical (unpaired) electrons. The highest BCUT2D eigenvalue weighted by molar-refractivity contribution is 7.92. The van der Waals surface area contributed by atoms with Crippen LogP contribution in [0.4, 0.5) is 5.69 Å². The summed E-state index contributed by atoms with van der Waals surface area (Å²) in [6.07, 6.45) is 4.46. The SMILES string of the molecule is CCCC1(CCC)CC(O)=C([C@H](c2cccc(NS(=O)(=O)c3ccc(C#N)cn3)c2)C(C)(C)C)C(=O)O1. The third-order valence-electron chi connectivity index (χ3n) is 6.51. The van der Waals surface area contributed by atoms with Gasteiger partial charge in [-0.3, -0.25) is 4.72 Å². The number of nitrogens with one attached hydrogen (secondary N) is 1. The zero-order valence-corrected chi connectivity index (χ0v) is 22.9. The van der Waals surface area contributed by atoms with Crippen molar-refractivity contribution in [1.82, 2.24) is 4.98 Å². The Bertz CT molecular complexity index is 1310. The molecule has 1 aromatic heterocycles. The highest BCUT2D eigenvalue weighted by atomic mass is 32.2. The van der Waals surface area contributed by atoms with Crippen LogP contribution in [0.1, 0.15) is 83.8 Å². The van der Waals surface area contributed by atoms with Crippen molar-refractivity contribution < 1.29 is 23.1 Å². The Hall–Kier alpha value is -3.38. The molecule has 0 aliphatic carbocycles. The van der Waals surface area contributed by atoms with Gasteiger partial charge < -0.3 is 9.84 Å². The standard InChI is InChI=1S/C28H35N3O5S/c1-6-13-28(14-7-2)16-22(32)24(26(33)36-28)25(27(3,4)5)20-9-8-10-21(15-20)31-37(34,35)23-12-11-19(17-29)18-30-23/h8-12,15,18,25,31-32H,6-7,13-14,16H2,1-5H3/t25-/m0/s1. The molecule has 2 N–H and O–H groups in total. The second-order valence-electron chi connectivity index (χ2n) is 10.6. The number of aliphatic hydroxyl groups excluding tert-OH is 1. The van der Waals surface area contributed by atoms with Crippen molar-refractivity contribution in [3.05, 3.63) is 65.1 Å². The Labute approximate surface area is 219 Å². The van der Waals surface area contributed by atoms with Gasteiger partial charge >= 0.3 is 5.97 Å². The van der Waals surface area contributed by atoms with Crippen molar-refractivity contribution >= 4 is 21.7 Å². The Morgan fingerprint density at radius 3 is 2.38 bits per heavy atom. The maximum Gasteiger partial charge on any atom is 0.338 e. The summed E-state index contributed by atoms with van der Waals surface area (Å²) in [4.78, 5) is 17.3. The monoisotopic (exact) mass is 525 g/mol. The van der Waals surface area contributed by atoms with Crippen molar-refractivity contribution in [2.45, 2.75) is 83.3 Å². The predicted molar refractivity (Wildman–Crippen MR) is 141 cm³/mol. The van der Waals surface area contributed by atoms with Gasteiger partial charge in [0, 0.05) is 24.2 Å². The van der Waals surface area contributed by atoms with Crippen LogP contribution >= 0.6 is 0 Å². The minimum atomic E-state index is -4.01. The molecule has 1 atom stereocenters. The van der Waals surface area contributed by atoms with Gasteiger partial charge in [0.05, 0.1) is 11.1 Å². The number of aliphatic hydroxyl groups is 1. The lowest BCUT2D eigenvalue weighted by Gasteiger charge is -2.41. The average Bonchev–Trinajstić information content (AvgIpc) is 2.81. The molecule has 1 aromatic carbocycles. The molecular weight excluding hydrogens is 490 g/mol. The van der Waals surface area contributed by atoms with E-state index in [1.54, 1.807) is 24.3 Å². The zero-order valence-electron chi connectivity index (χ0n) is 22.0. The number of rotatable bonds is 9. The van der Waals surface area contributed by atoms with Crippen LogP contribution in [0.3, 0.4) is 0 Å². The summed E-state index contributed by atoms with van der Waals surface area (Å²) in [6.45, 7) is 9.94. The summed E-state index contributed by atoms with van der Waals surface area (Å²) in [5.74, 6) is -1.04. The second-order valence-corrected chi connectivity index (χ2v) is 12.3. The van der Waals surface area contributed by atoms with Gasteiger partial charge in [-0.15, -0.1) is 0 Å². The third kappa shape index (κ3) is 6.31. The smallest absolute Gasteiger partial charge is 0.338 e. The Balaban J connectivity index is 2.00. The van der Waals surface area contributed by atoms with Gasteiger partial charge in [-0.25, -0.2) is 9.78 Å². The molecular formula is C28H35N3O5S. The number of nitrogens with zero attached hydrogens (tertiary/aromatic N) is 2. The van der Waals surface area contributed by atoms with Crippen LogP contribution in [-0.2, 0) is 19.6 Å². The first kappa shape index (κ1) is 28.2. The van der Waals surface area contributed by atoms with Gasteiger partial charge in [-0.2, -0.15) is 13.7 Å². The number of esters is 1. The van der Waals surface area contributed by atoms with E-state index in [4.69, 9.17) is 10.00 Å². The van der Waals surface area contributed by atoms with Crippen molar-refractivity contribution in [3.8, 4) is 6.07 Å². The van der Waals surface area contributed by atoms with Crippen LogP contribution in [0.15, 0.2) is 59.0 Å². The molecule has 2 aromatic rings.